The fraction of sp³-hybridized carbons (Fsp3) is 0.0714. The lowest BCUT2D eigenvalue weighted by Crippen LogP contribution is -2.02. The van der Waals surface area contributed by atoms with E-state index in [1.165, 1.54) is 25.3 Å². The number of hydrogen-bond acceptors (Lipinski definition) is 4. The summed E-state index contributed by atoms with van der Waals surface area (Å²) in [5.74, 6) is -6.08. The lowest BCUT2D eigenvalue weighted by atomic mass is 10.2. The maximum absolute atomic E-state index is 13.4. The average Bonchev–Trinajstić information content (AvgIpc) is 2.50. The number of phenolic OH excluding ortho intramolecular Hbond substituents is 1. The first-order valence-corrected chi connectivity index (χ1v) is 5.93. The molecule has 0 fully saturated rings. The van der Waals surface area contributed by atoms with Crippen LogP contribution in [0.4, 0.5) is 23.2 Å². The first-order valence-electron chi connectivity index (χ1n) is 5.93. The standard InChI is InChI=1S/C14H10F4N2O2/c1-22-8-2-3-11(21)7(4-8)6-19-20-14-12(17)9(15)5-10(16)13(14)18/h2-6,20-21H,1H3/b19-6+. The molecule has 0 saturated carbocycles. The molecular weight excluding hydrogens is 304 g/mol. The predicted molar refractivity (Wildman–Crippen MR) is 72.1 cm³/mol. The molecule has 22 heavy (non-hydrogen) atoms. The Labute approximate surface area is 122 Å². The van der Waals surface area contributed by atoms with E-state index in [1.807, 2.05) is 5.43 Å². The minimum absolute atomic E-state index is 0.0907. The minimum Gasteiger partial charge on any atom is -0.507 e. The van der Waals surface area contributed by atoms with Crippen molar-refractivity contribution in [3.8, 4) is 11.5 Å². The van der Waals surface area contributed by atoms with Gasteiger partial charge in [-0.25, -0.2) is 17.6 Å². The van der Waals surface area contributed by atoms with Crippen molar-refractivity contribution >= 4 is 11.9 Å². The monoisotopic (exact) mass is 314 g/mol. The molecule has 2 N–H and O–H groups in total. The van der Waals surface area contributed by atoms with Gasteiger partial charge in [0.05, 0.1) is 13.3 Å². The van der Waals surface area contributed by atoms with E-state index >= 15 is 0 Å². The fourth-order valence-electron chi connectivity index (χ4n) is 1.60. The van der Waals surface area contributed by atoms with Gasteiger partial charge >= 0.3 is 0 Å². The summed E-state index contributed by atoms with van der Waals surface area (Å²) in [7, 11) is 1.41. The molecule has 0 aliphatic rings. The molecule has 2 aromatic rings. The summed E-state index contributed by atoms with van der Waals surface area (Å²) in [6.45, 7) is 0. The quantitative estimate of drug-likeness (QED) is 0.393. The Balaban J connectivity index is 2.27. The maximum Gasteiger partial charge on any atom is 0.186 e. The van der Waals surface area contributed by atoms with Gasteiger partial charge in [0.2, 0.25) is 0 Å². The number of nitrogens with one attached hydrogen (secondary N) is 1. The first-order chi connectivity index (χ1) is 10.4. The van der Waals surface area contributed by atoms with Crippen LogP contribution in [-0.4, -0.2) is 18.4 Å². The number of ether oxygens (including phenoxy) is 1. The van der Waals surface area contributed by atoms with Gasteiger partial charge in [0, 0.05) is 11.6 Å². The van der Waals surface area contributed by atoms with E-state index < -0.39 is 29.0 Å². The molecule has 0 aliphatic carbocycles. The van der Waals surface area contributed by atoms with Crippen LogP contribution in [0, 0.1) is 23.3 Å². The van der Waals surface area contributed by atoms with Gasteiger partial charge in [-0.15, -0.1) is 0 Å². The molecule has 0 saturated heterocycles. The lowest BCUT2D eigenvalue weighted by molar-refractivity contribution is 0.412. The van der Waals surface area contributed by atoms with Gasteiger partial charge in [-0.1, -0.05) is 0 Å². The van der Waals surface area contributed by atoms with E-state index in [2.05, 4.69) is 5.10 Å². The number of hydrogen-bond donors (Lipinski definition) is 2. The van der Waals surface area contributed by atoms with Gasteiger partial charge in [-0.05, 0) is 18.2 Å². The molecule has 8 heteroatoms. The maximum atomic E-state index is 13.4. The molecule has 0 bridgehead atoms. The highest BCUT2D eigenvalue weighted by atomic mass is 19.2. The number of phenols is 1. The largest absolute Gasteiger partial charge is 0.507 e. The topological polar surface area (TPSA) is 53.9 Å². The Kier molecular flexibility index (Phi) is 4.50. The Morgan fingerprint density at radius 2 is 1.73 bits per heavy atom. The van der Waals surface area contributed by atoms with Crippen LogP contribution in [0.3, 0.4) is 0 Å². The number of aromatic hydroxyl groups is 1. The summed E-state index contributed by atoms with van der Waals surface area (Å²) < 4.78 is 57.7. The predicted octanol–water partition coefficient (Wildman–Crippen LogP) is 3.40. The molecule has 116 valence electrons. The van der Waals surface area contributed by atoms with Gasteiger partial charge in [-0.3, -0.25) is 5.43 Å². The van der Waals surface area contributed by atoms with Gasteiger partial charge in [0.25, 0.3) is 0 Å². The van der Waals surface area contributed by atoms with E-state index in [0.29, 0.717) is 5.75 Å². The third-order valence-corrected chi connectivity index (χ3v) is 2.73. The van der Waals surface area contributed by atoms with E-state index in [1.54, 1.807) is 0 Å². The number of rotatable bonds is 4. The normalized spacial score (nSPS) is 11.0. The highest BCUT2D eigenvalue weighted by Gasteiger charge is 2.18. The average molecular weight is 314 g/mol. The molecule has 0 aliphatic heterocycles. The summed E-state index contributed by atoms with van der Waals surface area (Å²) in [5, 5.41) is 13.0. The zero-order chi connectivity index (χ0) is 16.3. The van der Waals surface area contributed by atoms with E-state index in [-0.39, 0.29) is 17.4 Å². The molecule has 0 aromatic heterocycles. The molecule has 4 nitrogen and oxygen atoms in total. The Bertz CT molecular complexity index is 709. The summed E-state index contributed by atoms with van der Waals surface area (Å²) in [6.07, 6.45) is 1.01. The van der Waals surface area contributed by atoms with Crippen LogP contribution in [0.15, 0.2) is 29.4 Å². The van der Waals surface area contributed by atoms with E-state index in [0.717, 1.165) is 6.21 Å². The van der Waals surface area contributed by atoms with Crippen molar-refractivity contribution in [3.05, 3.63) is 53.1 Å². The summed E-state index contributed by atoms with van der Waals surface area (Å²) >= 11 is 0. The van der Waals surface area contributed by atoms with Crippen LogP contribution in [-0.2, 0) is 0 Å². The zero-order valence-electron chi connectivity index (χ0n) is 11.2. The van der Waals surface area contributed by atoms with Gasteiger partial charge in [0.1, 0.15) is 17.2 Å². The SMILES string of the molecule is COc1ccc(O)c(/C=N/Nc2c(F)c(F)cc(F)c2F)c1. The molecule has 0 spiro atoms. The van der Waals surface area contributed by atoms with Crippen molar-refractivity contribution in [3.63, 3.8) is 0 Å². The van der Waals surface area contributed by atoms with Crippen LogP contribution in [0.5, 0.6) is 11.5 Å². The molecule has 0 radical (unpaired) electrons. The van der Waals surface area contributed by atoms with Crippen LogP contribution in [0.25, 0.3) is 0 Å². The smallest absolute Gasteiger partial charge is 0.186 e. The molecule has 2 rings (SSSR count). The molecule has 2 aromatic carbocycles. The number of nitrogens with zero attached hydrogens (tertiary/aromatic N) is 1. The fourth-order valence-corrected chi connectivity index (χ4v) is 1.60. The molecule has 0 atom stereocenters. The number of benzene rings is 2. The second-order valence-electron chi connectivity index (χ2n) is 4.14. The van der Waals surface area contributed by atoms with Crippen molar-refractivity contribution in [1.29, 1.82) is 0 Å². The number of anilines is 1. The third kappa shape index (κ3) is 3.11. The van der Waals surface area contributed by atoms with Crippen molar-refractivity contribution in [2.75, 3.05) is 12.5 Å². The van der Waals surface area contributed by atoms with Crippen molar-refractivity contribution in [2.45, 2.75) is 0 Å². The Morgan fingerprint density at radius 1 is 1.09 bits per heavy atom. The van der Waals surface area contributed by atoms with Crippen LogP contribution in [0.1, 0.15) is 5.56 Å². The van der Waals surface area contributed by atoms with E-state index in [9.17, 15) is 22.7 Å². The Hall–Kier alpha value is -2.77. The molecule has 0 unspecified atom stereocenters. The number of halogens is 4. The van der Waals surface area contributed by atoms with Crippen molar-refractivity contribution in [1.82, 2.24) is 0 Å². The summed E-state index contributed by atoms with van der Waals surface area (Å²) in [4.78, 5) is 0. The molecule has 0 amide bonds. The third-order valence-electron chi connectivity index (χ3n) is 2.73. The second-order valence-corrected chi connectivity index (χ2v) is 4.14. The Morgan fingerprint density at radius 3 is 2.32 bits per heavy atom. The number of hydrazone groups is 1. The minimum atomic E-state index is -1.61. The van der Waals surface area contributed by atoms with Crippen molar-refractivity contribution in [2.24, 2.45) is 5.10 Å². The highest BCUT2D eigenvalue weighted by molar-refractivity contribution is 5.84. The molecular formula is C14H10F4N2O2. The first kappa shape index (κ1) is 15.6. The number of methoxy groups -OCH3 is 1. The van der Waals surface area contributed by atoms with Crippen LogP contribution in [0.2, 0.25) is 0 Å². The highest BCUT2D eigenvalue weighted by Crippen LogP contribution is 2.24. The summed E-state index contributed by atoms with van der Waals surface area (Å²) in [6, 6.07) is 4.30. The zero-order valence-corrected chi connectivity index (χ0v) is 11.2. The second kappa shape index (κ2) is 6.33. The van der Waals surface area contributed by atoms with E-state index in [4.69, 9.17) is 4.74 Å². The van der Waals surface area contributed by atoms with Crippen LogP contribution >= 0.6 is 0 Å². The van der Waals surface area contributed by atoms with Gasteiger partial charge < -0.3 is 9.84 Å². The lowest BCUT2D eigenvalue weighted by Gasteiger charge is -2.06. The molecule has 0 heterocycles. The van der Waals surface area contributed by atoms with Gasteiger partial charge in [0.15, 0.2) is 23.3 Å². The van der Waals surface area contributed by atoms with Gasteiger partial charge in [-0.2, -0.15) is 5.10 Å². The summed E-state index contributed by atoms with van der Waals surface area (Å²) in [5.41, 5.74) is 0.961. The van der Waals surface area contributed by atoms with Crippen LogP contribution < -0.4 is 10.2 Å². The van der Waals surface area contributed by atoms with Crippen molar-refractivity contribution < 1.29 is 27.4 Å².